The average Bonchev–Trinajstić information content (AvgIpc) is 2.67. The molecular weight excluding hydrogens is 326 g/mol. The number of benzene rings is 1. The van der Waals surface area contributed by atoms with E-state index in [9.17, 15) is 0 Å². The Kier molecular flexibility index (Phi) is 9.50. The quantitative estimate of drug-likeness (QED) is 0.417. The molecule has 1 aliphatic heterocycles. The zero-order valence-electron chi connectivity index (χ0n) is 16.6. The topological polar surface area (TPSA) is 46.1 Å². The summed E-state index contributed by atoms with van der Waals surface area (Å²) in [6.45, 7) is 10.3. The first-order chi connectivity index (χ1) is 12.8. The van der Waals surface area contributed by atoms with Gasteiger partial charge in [-0.1, -0.05) is 37.3 Å². The van der Waals surface area contributed by atoms with Crippen molar-refractivity contribution in [1.82, 2.24) is 10.2 Å². The van der Waals surface area contributed by atoms with Gasteiger partial charge in [0, 0.05) is 39.9 Å². The Morgan fingerprint density at radius 1 is 1.23 bits per heavy atom. The Morgan fingerprint density at radius 3 is 2.73 bits per heavy atom. The van der Waals surface area contributed by atoms with Crippen molar-refractivity contribution < 1.29 is 9.47 Å². The molecular formula is C21H35N3O2. The van der Waals surface area contributed by atoms with Crippen molar-refractivity contribution in [1.29, 1.82) is 0 Å². The Hall–Kier alpha value is -1.59. The molecule has 0 aliphatic carbocycles. The van der Waals surface area contributed by atoms with E-state index in [1.54, 1.807) is 7.11 Å². The van der Waals surface area contributed by atoms with Gasteiger partial charge in [0.25, 0.3) is 0 Å². The summed E-state index contributed by atoms with van der Waals surface area (Å²) in [5, 5.41) is 3.45. The summed E-state index contributed by atoms with van der Waals surface area (Å²) >= 11 is 0. The number of likely N-dealkylation sites (tertiary alicyclic amines) is 1. The van der Waals surface area contributed by atoms with Gasteiger partial charge in [-0.25, -0.2) is 0 Å². The van der Waals surface area contributed by atoms with Gasteiger partial charge in [0.2, 0.25) is 0 Å². The lowest BCUT2D eigenvalue weighted by Gasteiger charge is -2.39. The Morgan fingerprint density at radius 2 is 2.04 bits per heavy atom. The van der Waals surface area contributed by atoms with Crippen molar-refractivity contribution in [3.8, 4) is 0 Å². The lowest BCUT2D eigenvalue weighted by atomic mass is 9.82. The maximum absolute atomic E-state index is 5.51. The summed E-state index contributed by atoms with van der Waals surface area (Å²) in [5.74, 6) is 2.31. The number of rotatable bonds is 9. The van der Waals surface area contributed by atoms with Crippen LogP contribution in [0.2, 0.25) is 0 Å². The molecule has 1 aromatic carbocycles. The number of methoxy groups -OCH3 is 1. The van der Waals surface area contributed by atoms with Crippen LogP contribution in [0.1, 0.15) is 38.2 Å². The van der Waals surface area contributed by atoms with Crippen molar-refractivity contribution in [3.05, 3.63) is 35.9 Å². The molecule has 0 radical (unpaired) electrons. The molecule has 2 atom stereocenters. The molecule has 1 fully saturated rings. The van der Waals surface area contributed by atoms with E-state index in [1.807, 2.05) is 0 Å². The van der Waals surface area contributed by atoms with Crippen LogP contribution in [0.15, 0.2) is 35.3 Å². The molecule has 0 saturated carbocycles. The van der Waals surface area contributed by atoms with Gasteiger partial charge in [-0.05, 0) is 37.2 Å². The fourth-order valence-electron chi connectivity index (χ4n) is 3.56. The fourth-order valence-corrected chi connectivity index (χ4v) is 3.56. The third-order valence-electron chi connectivity index (χ3n) is 4.91. The van der Waals surface area contributed by atoms with Gasteiger partial charge in [-0.15, -0.1) is 0 Å². The highest BCUT2D eigenvalue weighted by molar-refractivity contribution is 5.80. The smallest absolute Gasteiger partial charge is 0.193 e. The third kappa shape index (κ3) is 6.61. The highest BCUT2D eigenvalue weighted by Gasteiger charge is 2.28. The van der Waals surface area contributed by atoms with Gasteiger partial charge in [0.15, 0.2) is 5.96 Å². The number of hydrogen-bond acceptors (Lipinski definition) is 3. The summed E-state index contributed by atoms with van der Waals surface area (Å²) in [6.07, 6.45) is 2.12. The van der Waals surface area contributed by atoms with Crippen LogP contribution in [0, 0.1) is 5.92 Å². The van der Waals surface area contributed by atoms with E-state index in [0.717, 1.165) is 45.2 Å². The van der Waals surface area contributed by atoms with Crippen LogP contribution in [0.5, 0.6) is 0 Å². The second-order valence-corrected chi connectivity index (χ2v) is 6.92. The molecule has 0 amide bonds. The number of ether oxygens (including phenoxy) is 2. The van der Waals surface area contributed by atoms with Crippen LogP contribution in [0.25, 0.3) is 0 Å². The highest BCUT2D eigenvalue weighted by Crippen LogP contribution is 2.32. The molecule has 5 heteroatoms. The molecule has 1 saturated heterocycles. The van der Waals surface area contributed by atoms with Crippen LogP contribution < -0.4 is 5.32 Å². The van der Waals surface area contributed by atoms with E-state index < -0.39 is 0 Å². The Labute approximate surface area is 158 Å². The first-order valence-electron chi connectivity index (χ1n) is 9.91. The lowest BCUT2D eigenvalue weighted by Crippen LogP contribution is -2.48. The van der Waals surface area contributed by atoms with Crippen molar-refractivity contribution in [3.63, 3.8) is 0 Å². The molecule has 0 spiro atoms. The maximum atomic E-state index is 5.51. The van der Waals surface area contributed by atoms with Crippen LogP contribution in [-0.2, 0) is 9.47 Å². The summed E-state index contributed by atoms with van der Waals surface area (Å²) < 4.78 is 10.5. The second kappa shape index (κ2) is 11.9. The molecule has 1 aromatic rings. The van der Waals surface area contributed by atoms with Gasteiger partial charge >= 0.3 is 0 Å². The van der Waals surface area contributed by atoms with E-state index >= 15 is 0 Å². The number of guanidine groups is 1. The minimum Gasteiger partial charge on any atom is -0.382 e. The third-order valence-corrected chi connectivity index (χ3v) is 4.91. The maximum Gasteiger partial charge on any atom is 0.193 e. The van der Waals surface area contributed by atoms with Gasteiger partial charge < -0.3 is 19.7 Å². The molecule has 0 bridgehead atoms. The predicted octanol–water partition coefficient (Wildman–Crippen LogP) is 3.13. The highest BCUT2D eigenvalue weighted by atomic mass is 16.5. The van der Waals surface area contributed by atoms with Crippen LogP contribution in [0.4, 0.5) is 0 Å². The first-order valence-corrected chi connectivity index (χ1v) is 9.91. The van der Waals surface area contributed by atoms with Crippen molar-refractivity contribution in [2.75, 3.05) is 53.1 Å². The molecule has 2 rings (SSSR count). The van der Waals surface area contributed by atoms with E-state index in [0.29, 0.717) is 25.0 Å². The SMILES string of the molecule is CCNC(=NCCCOCCOC)N1CCC(c2ccccc2)C(C)C1. The Balaban J connectivity index is 1.83. The number of piperidine rings is 1. The standard InChI is InChI=1S/C21H35N3O2/c1-4-22-21(23-12-8-14-26-16-15-25-3)24-13-11-20(18(2)17-24)19-9-6-5-7-10-19/h5-7,9-10,18,20H,4,8,11-17H2,1-3H3,(H,22,23). The van der Waals surface area contributed by atoms with Gasteiger partial charge in [-0.2, -0.15) is 0 Å². The van der Waals surface area contributed by atoms with Gasteiger partial charge in [0.05, 0.1) is 13.2 Å². The van der Waals surface area contributed by atoms with Crippen LogP contribution in [-0.4, -0.2) is 64.0 Å². The van der Waals surface area contributed by atoms with Gasteiger partial charge in [-0.3, -0.25) is 4.99 Å². The zero-order chi connectivity index (χ0) is 18.6. The first kappa shape index (κ1) is 20.7. The molecule has 1 heterocycles. The van der Waals surface area contributed by atoms with E-state index in [-0.39, 0.29) is 0 Å². The summed E-state index contributed by atoms with van der Waals surface area (Å²) in [7, 11) is 1.69. The number of nitrogens with one attached hydrogen (secondary N) is 1. The molecule has 26 heavy (non-hydrogen) atoms. The minimum atomic E-state index is 0.618. The van der Waals surface area contributed by atoms with E-state index in [1.165, 1.54) is 12.0 Å². The summed E-state index contributed by atoms with van der Waals surface area (Å²) in [6, 6.07) is 10.9. The largest absolute Gasteiger partial charge is 0.382 e. The minimum absolute atomic E-state index is 0.618. The van der Waals surface area contributed by atoms with Crippen molar-refractivity contribution >= 4 is 5.96 Å². The van der Waals surface area contributed by atoms with Crippen LogP contribution >= 0.6 is 0 Å². The second-order valence-electron chi connectivity index (χ2n) is 6.92. The molecule has 2 unspecified atom stereocenters. The van der Waals surface area contributed by atoms with Crippen molar-refractivity contribution in [2.24, 2.45) is 10.9 Å². The number of aliphatic imine (C=N–C) groups is 1. The Bertz CT molecular complexity index is 521. The molecule has 1 aliphatic rings. The summed E-state index contributed by atoms with van der Waals surface area (Å²) in [5.41, 5.74) is 1.47. The number of nitrogens with zero attached hydrogens (tertiary/aromatic N) is 2. The monoisotopic (exact) mass is 361 g/mol. The van der Waals surface area contributed by atoms with E-state index in [2.05, 4.69) is 54.4 Å². The molecule has 146 valence electrons. The van der Waals surface area contributed by atoms with Crippen LogP contribution in [0.3, 0.4) is 0 Å². The van der Waals surface area contributed by atoms with Gasteiger partial charge in [0.1, 0.15) is 0 Å². The lowest BCUT2D eigenvalue weighted by molar-refractivity contribution is 0.0702. The van der Waals surface area contributed by atoms with E-state index in [4.69, 9.17) is 14.5 Å². The average molecular weight is 362 g/mol. The summed E-state index contributed by atoms with van der Waals surface area (Å²) in [4.78, 5) is 7.22. The predicted molar refractivity (Wildman–Crippen MR) is 108 cm³/mol. The molecule has 5 nitrogen and oxygen atoms in total. The van der Waals surface area contributed by atoms with Crippen molar-refractivity contribution in [2.45, 2.75) is 32.6 Å². The molecule has 0 aromatic heterocycles. The number of hydrogen-bond donors (Lipinski definition) is 1. The fraction of sp³-hybridized carbons (Fsp3) is 0.667. The zero-order valence-corrected chi connectivity index (χ0v) is 16.6. The normalized spacial score (nSPS) is 21.0. The molecule has 1 N–H and O–H groups in total.